The monoisotopic (exact) mass is 304 g/mol. The minimum atomic E-state index is -0.0983. The molecule has 22 heavy (non-hydrogen) atoms. The predicted octanol–water partition coefficient (Wildman–Crippen LogP) is 2.28. The number of carbonyl (C=O) groups is 1. The van der Waals surface area contributed by atoms with Crippen LogP contribution in [0.3, 0.4) is 0 Å². The van der Waals surface area contributed by atoms with Crippen LogP contribution in [-0.2, 0) is 16.0 Å². The van der Waals surface area contributed by atoms with Crippen molar-refractivity contribution < 1.29 is 9.53 Å². The van der Waals surface area contributed by atoms with E-state index >= 15 is 0 Å². The van der Waals surface area contributed by atoms with Crippen LogP contribution in [0.1, 0.15) is 37.3 Å². The van der Waals surface area contributed by atoms with Crippen molar-refractivity contribution in [1.29, 1.82) is 0 Å². The fraction of sp³-hybridized carbons (Fsp3) is 0.611. The van der Waals surface area contributed by atoms with Crippen LogP contribution in [0.25, 0.3) is 0 Å². The number of carbonyl (C=O) groups excluding carboxylic acids is 1. The van der Waals surface area contributed by atoms with E-state index in [1.54, 1.807) is 0 Å². The number of rotatable bonds is 7. The molecule has 0 spiro atoms. The van der Waals surface area contributed by atoms with Gasteiger partial charge in [-0.05, 0) is 38.7 Å². The minimum Gasteiger partial charge on any atom is -0.376 e. The second kappa shape index (κ2) is 8.30. The molecule has 1 amide bonds. The molecule has 0 aromatic heterocycles. The van der Waals surface area contributed by atoms with E-state index < -0.39 is 0 Å². The van der Waals surface area contributed by atoms with E-state index in [1.807, 2.05) is 11.8 Å². The van der Waals surface area contributed by atoms with Gasteiger partial charge in [-0.15, -0.1) is 0 Å². The Kier molecular flexibility index (Phi) is 6.40. The number of nitrogens with zero attached hydrogens (tertiary/aromatic N) is 1. The van der Waals surface area contributed by atoms with Gasteiger partial charge in [-0.3, -0.25) is 4.79 Å². The third-order valence-electron chi connectivity index (χ3n) is 4.09. The van der Waals surface area contributed by atoms with E-state index in [9.17, 15) is 4.79 Å². The number of nitrogens with two attached hydrogens (primary N) is 1. The van der Waals surface area contributed by atoms with Crippen LogP contribution in [0.5, 0.6) is 0 Å². The Morgan fingerprint density at radius 3 is 2.73 bits per heavy atom. The van der Waals surface area contributed by atoms with E-state index in [4.69, 9.17) is 10.5 Å². The topological polar surface area (TPSA) is 55.6 Å². The molecule has 0 saturated carbocycles. The van der Waals surface area contributed by atoms with Gasteiger partial charge in [-0.2, -0.15) is 0 Å². The first-order valence-corrected chi connectivity index (χ1v) is 8.25. The molecule has 0 radical (unpaired) electrons. The van der Waals surface area contributed by atoms with Gasteiger partial charge in [0, 0.05) is 32.2 Å². The molecule has 2 atom stereocenters. The molecule has 1 aromatic carbocycles. The molecule has 1 aliphatic rings. The molecule has 0 aliphatic carbocycles. The molecular formula is C18H28N2O2. The van der Waals surface area contributed by atoms with Crippen LogP contribution in [0.4, 0.5) is 0 Å². The minimum absolute atomic E-state index is 0.0983. The summed E-state index contributed by atoms with van der Waals surface area (Å²) < 4.78 is 5.68. The lowest BCUT2D eigenvalue weighted by molar-refractivity contribution is -0.133. The first-order chi connectivity index (χ1) is 10.5. The molecule has 122 valence electrons. The van der Waals surface area contributed by atoms with Crippen molar-refractivity contribution in [1.82, 2.24) is 4.90 Å². The second-order valence-electron chi connectivity index (χ2n) is 6.39. The molecule has 4 heteroatoms. The molecule has 4 nitrogen and oxygen atoms in total. The zero-order valence-electron chi connectivity index (χ0n) is 13.8. The van der Waals surface area contributed by atoms with Crippen molar-refractivity contribution >= 4 is 5.91 Å². The molecular weight excluding hydrogens is 276 g/mol. The molecule has 2 unspecified atom stereocenters. The summed E-state index contributed by atoms with van der Waals surface area (Å²) in [6, 6.07) is 8.40. The van der Waals surface area contributed by atoms with Crippen LogP contribution in [0, 0.1) is 6.92 Å². The maximum absolute atomic E-state index is 12.4. The summed E-state index contributed by atoms with van der Waals surface area (Å²) in [6.07, 6.45) is 3.61. The average Bonchev–Trinajstić information content (AvgIpc) is 2.97. The number of aryl methyl sites for hydroxylation is 1. The quantitative estimate of drug-likeness (QED) is 0.841. The van der Waals surface area contributed by atoms with E-state index in [1.165, 1.54) is 11.1 Å². The van der Waals surface area contributed by atoms with E-state index in [0.29, 0.717) is 13.0 Å². The van der Waals surface area contributed by atoms with Gasteiger partial charge in [0.2, 0.25) is 5.91 Å². The molecule has 2 rings (SSSR count). The molecule has 0 bridgehead atoms. The first-order valence-electron chi connectivity index (χ1n) is 8.25. The summed E-state index contributed by atoms with van der Waals surface area (Å²) in [5.41, 5.74) is 8.30. The zero-order chi connectivity index (χ0) is 15.9. The van der Waals surface area contributed by atoms with Gasteiger partial charge in [0.15, 0.2) is 0 Å². The number of hydrogen-bond acceptors (Lipinski definition) is 3. The maximum Gasteiger partial charge on any atom is 0.224 e. The second-order valence-corrected chi connectivity index (χ2v) is 6.39. The normalized spacial score (nSPS) is 19.1. The highest BCUT2D eigenvalue weighted by molar-refractivity contribution is 5.76. The third kappa shape index (κ3) is 5.43. The van der Waals surface area contributed by atoms with Gasteiger partial charge in [-0.25, -0.2) is 0 Å². The maximum atomic E-state index is 12.4. The summed E-state index contributed by atoms with van der Waals surface area (Å²) in [7, 11) is 0. The van der Waals surface area contributed by atoms with Crippen LogP contribution >= 0.6 is 0 Å². The number of amides is 1. The molecule has 1 aliphatic heterocycles. The van der Waals surface area contributed by atoms with Gasteiger partial charge in [0.25, 0.3) is 0 Å². The van der Waals surface area contributed by atoms with Crippen molar-refractivity contribution in [3.8, 4) is 0 Å². The van der Waals surface area contributed by atoms with Crippen LogP contribution < -0.4 is 5.73 Å². The Morgan fingerprint density at radius 2 is 2.14 bits per heavy atom. The van der Waals surface area contributed by atoms with Crippen LogP contribution in [0.2, 0.25) is 0 Å². The molecule has 1 aromatic rings. The summed E-state index contributed by atoms with van der Waals surface area (Å²) in [5.74, 6) is 0.137. The van der Waals surface area contributed by atoms with Gasteiger partial charge in [0.05, 0.1) is 6.10 Å². The summed E-state index contributed by atoms with van der Waals surface area (Å²) in [4.78, 5) is 14.3. The smallest absolute Gasteiger partial charge is 0.224 e. The summed E-state index contributed by atoms with van der Waals surface area (Å²) in [5, 5.41) is 0. The molecule has 1 saturated heterocycles. The van der Waals surface area contributed by atoms with Crippen LogP contribution in [-0.4, -0.2) is 42.6 Å². The van der Waals surface area contributed by atoms with Gasteiger partial charge in [-0.1, -0.05) is 29.8 Å². The Balaban J connectivity index is 1.93. The highest BCUT2D eigenvalue weighted by Gasteiger charge is 2.22. The van der Waals surface area contributed by atoms with Crippen molar-refractivity contribution in [3.05, 3.63) is 35.4 Å². The molecule has 1 heterocycles. The van der Waals surface area contributed by atoms with Crippen molar-refractivity contribution in [2.45, 2.75) is 51.7 Å². The Bertz CT molecular complexity index is 464. The van der Waals surface area contributed by atoms with Crippen LogP contribution in [0.15, 0.2) is 24.3 Å². The fourth-order valence-electron chi connectivity index (χ4n) is 2.78. The third-order valence-corrected chi connectivity index (χ3v) is 4.09. The Morgan fingerprint density at radius 1 is 1.41 bits per heavy atom. The highest BCUT2D eigenvalue weighted by atomic mass is 16.5. The number of benzene rings is 1. The van der Waals surface area contributed by atoms with Crippen molar-refractivity contribution in [3.63, 3.8) is 0 Å². The standard InChI is InChI=1S/C18H28N2O2/c1-14-5-7-16(8-6-14)9-10-20(18(21)12-15(2)19)13-17-4-3-11-22-17/h5-8,15,17H,3-4,9-13,19H2,1-2H3. The highest BCUT2D eigenvalue weighted by Crippen LogP contribution is 2.15. The lowest BCUT2D eigenvalue weighted by atomic mass is 10.1. The lowest BCUT2D eigenvalue weighted by Crippen LogP contribution is -2.40. The number of ether oxygens (including phenoxy) is 1. The summed E-state index contributed by atoms with van der Waals surface area (Å²) in [6.45, 7) is 6.20. The summed E-state index contributed by atoms with van der Waals surface area (Å²) >= 11 is 0. The average molecular weight is 304 g/mol. The van der Waals surface area contributed by atoms with Gasteiger partial charge in [0.1, 0.15) is 0 Å². The fourth-order valence-corrected chi connectivity index (χ4v) is 2.78. The van der Waals surface area contributed by atoms with E-state index in [-0.39, 0.29) is 18.1 Å². The Hall–Kier alpha value is -1.39. The van der Waals surface area contributed by atoms with Crippen molar-refractivity contribution in [2.75, 3.05) is 19.7 Å². The van der Waals surface area contributed by atoms with Crippen molar-refractivity contribution in [2.24, 2.45) is 5.73 Å². The van der Waals surface area contributed by atoms with E-state index in [2.05, 4.69) is 31.2 Å². The predicted molar refractivity (Wildman–Crippen MR) is 88.7 cm³/mol. The van der Waals surface area contributed by atoms with Gasteiger partial charge >= 0.3 is 0 Å². The van der Waals surface area contributed by atoms with E-state index in [0.717, 1.165) is 32.4 Å². The zero-order valence-corrected chi connectivity index (χ0v) is 13.8. The molecule has 2 N–H and O–H groups in total. The largest absolute Gasteiger partial charge is 0.376 e. The first kappa shape index (κ1) is 17.0. The number of hydrogen-bond donors (Lipinski definition) is 1. The van der Waals surface area contributed by atoms with Gasteiger partial charge < -0.3 is 15.4 Å². The Labute approximate surface area is 133 Å². The SMILES string of the molecule is Cc1ccc(CCN(CC2CCCO2)C(=O)CC(C)N)cc1. The molecule has 1 fully saturated rings. The lowest BCUT2D eigenvalue weighted by Gasteiger charge is -2.26.